The number of hydrogen-bond donors (Lipinski definition) is 2. The summed E-state index contributed by atoms with van der Waals surface area (Å²) in [6.07, 6.45) is 0.395. The van der Waals surface area contributed by atoms with Gasteiger partial charge in [0.25, 0.3) is 11.8 Å². The van der Waals surface area contributed by atoms with E-state index in [0.717, 1.165) is 24.0 Å². The maximum Gasteiger partial charge on any atom is 0.413 e. The molecular formula is C32H27N5O5S. The lowest BCUT2D eigenvalue weighted by atomic mass is 10.1. The molecule has 1 aromatic heterocycles. The van der Waals surface area contributed by atoms with Gasteiger partial charge in [0.1, 0.15) is 12.6 Å². The molecular weight excluding hydrogens is 566 g/mol. The lowest BCUT2D eigenvalue weighted by molar-refractivity contribution is -0.120. The van der Waals surface area contributed by atoms with Crippen LogP contribution in [0.15, 0.2) is 84.2 Å². The predicted molar refractivity (Wildman–Crippen MR) is 159 cm³/mol. The number of amides is 3. The van der Waals surface area contributed by atoms with E-state index in [9.17, 15) is 19.6 Å². The third kappa shape index (κ3) is 6.56. The zero-order chi connectivity index (χ0) is 29.8. The Balaban J connectivity index is 1.17. The summed E-state index contributed by atoms with van der Waals surface area (Å²) in [6, 6.07) is 24.4. The Labute approximate surface area is 251 Å². The SMILES string of the molecule is N#Cc1cccc(C2OC[C@@H](C(=O)Nc3nc(-c4ccc(C(=O)NC5CC5)cc4)cs3)N2C(=O)OCc2ccccc2)c1. The van der Waals surface area contributed by atoms with Crippen molar-refractivity contribution in [2.24, 2.45) is 0 Å². The van der Waals surface area contributed by atoms with Crippen molar-refractivity contribution in [2.75, 3.05) is 11.9 Å². The number of hydrogen-bond acceptors (Lipinski definition) is 8. The number of nitrogens with one attached hydrogen (secondary N) is 2. The molecule has 11 heteroatoms. The van der Waals surface area contributed by atoms with E-state index in [0.29, 0.717) is 27.5 Å². The van der Waals surface area contributed by atoms with Gasteiger partial charge in [-0.2, -0.15) is 5.26 Å². The number of carbonyl (C=O) groups excluding carboxylic acids is 3. The minimum atomic E-state index is -1.00. The Morgan fingerprint density at radius 2 is 1.84 bits per heavy atom. The number of aromatic nitrogens is 1. The van der Waals surface area contributed by atoms with Gasteiger partial charge in [0.05, 0.1) is 23.9 Å². The van der Waals surface area contributed by atoms with Crippen LogP contribution >= 0.6 is 11.3 Å². The molecule has 0 bridgehead atoms. The van der Waals surface area contributed by atoms with Crippen molar-refractivity contribution < 1.29 is 23.9 Å². The second-order valence-electron chi connectivity index (χ2n) is 10.2. The van der Waals surface area contributed by atoms with Crippen molar-refractivity contribution in [3.05, 3.63) is 106 Å². The number of ether oxygens (including phenoxy) is 2. The molecule has 0 radical (unpaired) electrons. The zero-order valence-electron chi connectivity index (χ0n) is 22.9. The number of anilines is 1. The average molecular weight is 594 g/mol. The highest BCUT2D eigenvalue weighted by molar-refractivity contribution is 7.14. The molecule has 43 heavy (non-hydrogen) atoms. The van der Waals surface area contributed by atoms with Crippen molar-refractivity contribution in [2.45, 2.75) is 37.8 Å². The molecule has 1 saturated heterocycles. The minimum absolute atomic E-state index is 0.0202. The predicted octanol–water partition coefficient (Wildman–Crippen LogP) is 5.25. The first-order valence-corrected chi connectivity index (χ1v) is 14.6. The summed E-state index contributed by atoms with van der Waals surface area (Å²) >= 11 is 1.24. The van der Waals surface area contributed by atoms with Crippen molar-refractivity contribution in [1.82, 2.24) is 15.2 Å². The first kappa shape index (κ1) is 28.1. The smallest absolute Gasteiger partial charge is 0.413 e. The first-order valence-electron chi connectivity index (χ1n) is 13.8. The highest BCUT2D eigenvalue weighted by Crippen LogP contribution is 2.33. The topological polar surface area (TPSA) is 134 Å². The fourth-order valence-electron chi connectivity index (χ4n) is 4.69. The Hall–Kier alpha value is -5.05. The number of rotatable bonds is 8. The summed E-state index contributed by atoms with van der Waals surface area (Å²) in [7, 11) is 0. The van der Waals surface area contributed by atoms with E-state index >= 15 is 0 Å². The Kier molecular flexibility index (Phi) is 8.13. The van der Waals surface area contributed by atoms with Crippen LogP contribution in [0.5, 0.6) is 0 Å². The molecule has 2 atom stereocenters. The molecule has 216 valence electrons. The molecule has 0 spiro atoms. The monoisotopic (exact) mass is 593 g/mol. The van der Waals surface area contributed by atoms with Crippen molar-refractivity contribution in [3.8, 4) is 17.3 Å². The van der Waals surface area contributed by atoms with Gasteiger partial charge in [0.2, 0.25) is 0 Å². The van der Waals surface area contributed by atoms with Crippen molar-refractivity contribution in [1.29, 1.82) is 5.26 Å². The molecule has 1 aliphatic heterocycles. The molecule has 2 fully saturated rings. The van der Waals surface area contributed by atoms with Gasteiger partial charge in [-0.15, -0.1) is 11.3 Å². The summed E-state index contributed by atoms with van der Waals surface area (Å²) in [4.78, 5) is 45.0. The second kappa shape index (κ2) is 12.4. The van der Waals surface area contributed by atoms with Crippen LogP contribution in [0.4, 0.5) is 9.93 Å². The lowest BCUT2D eigenvalue weighted by Crippen LogP contribution is -2.45. The standard InChI is InChI=1S/C32H27N5O5S/c33-16-21-7-4-8-24(15-21)30-37(32(40)42-17-20-5-2-1-3-6-20)27(18-41-30)29(39)36-31-35-26(19-43-31)22-9-11-23(12-10-22)28(38)34-25-13-14-25/h1-12,15,19,25,27,30H,13-14,17-18H2,(H,34,38)(H,35,36,39)/t27-,30?/m0/s1. The van der Waals surface area contributed by atoms with Crippen LogP contribution < -0.4 is 10.6 Å². The van der Waals surface area contributed by atoms with E-state index < -0.39 is 24.3 Å². The molecule has 4 aromatic rings. The fourth-order valence-corrected chi connectivity index (χ4v) is 5.41. The van der Waals surface area contributed by atoms with Gasteiger partial charge in [-0.05, 0) is 42.7 Å². The van der Waals surface area contributed by atoms with E-state index in [-0.39, 0.29) is 25.2 Å². The fraction of sp³-hybridized carbons (Fsp3) is 0.219. The summed E-state index contributed by atoms with van der Waals surface area (Å²) < 4.78 is 11.5. The largest absolute Gasteiger partial charge is 0.444 e. The number of thiazole rings is 1. The number of nitrogens with zero attached hydrogens (tertiary/aromatic N) is 3. The van der Waals surface area contributed by atoms with Crippen LogP contribution in [0.1, 0.15) is 46.1 Å². The Morgan fingerprint density at radius 1 is 1.05 bits per heavy atom. The highest BCUT2D eigenvalue weighted by atomic mass is 32.1. The average Bonchev–Trinajstić information content (AvgIpc) is 3.54. The van der Waals surface area contributed by atoms with Crippen LogP contribution in [0.2, 0.25) is 0 Å². The highest BCUT2D eigenvalue weighted by Gasteiger charge is 2.44. The van der Waals surface area contributed by atoms with Gasteiger partial charge in [0.15, 0.2) is 11.4 Å². The number of carbonyl (C=O) groups is 3. The lowest BCUT2D eigenvalue weighted by Gasteiger charge is -2.27. The minimum Gasteiger partial charge on any atom is -0.444 e. The van der Waals surface area contributed by atoms with E-state index in [2.05, 4.69) is 21.7 Å². The maximum absolute atomic E-state index is 13.5. The molecule has 3 amide bonds. The van der Waals surface area contributed by atoms with E-state index in [4.69, 9.17) is 9.47 Å². The van der Waals surface area contributed by atoms with E-state index in [1.54, 1.807) is 36.4 Å². The van der Waals surface area contributed by atoms with Crippen molar-refractivity contribution in [3.63, 3.8) is 0 Å². The van der Waals surface area contributed by atoms with E-state index in [1.807, 2.05) is 47.8 Å². The number of nitriles is 1. The quantitative estimate of drug-likeness (QED) is 0.285. The molecule has 6 rings (SSSR count). The molecule has 1 saturated carbocycles. The Morgan fingerprint density at radius 3 is 2.58 bits per heavy atom. The molecule has 1 unspecified atom stereocenters. The van der Waals surface area contributed by atoms with Gasteiger partial charge in [-0.3, -0.25) is 14.5 Å². The maximum atomic E-state index is 13.5. The third-order valence-corrected chi connectivity index (χ3v) is 7.87. The Bertz CT molecular complexity index is 1680. The molecule has 2 aliphatic rings. The van der Waals surface area contributed by atoms with Gasteiger partial charge in [-0.1, -0.05) is 54.6 Å². The molecule has 3 aromatic carbocycles. The summed E-state index contributed by atoms with van der Waals surface area (Å²) in [5.41, 5.74) is 3.77. The van der Waals surface area contributed by atoms with Gasteiger partial charge in [-0.25, -0.2) is 9.78 Å². The second-order valence-corrected chi connectivity index (χ2v) is 11.1. The normalized spacial score (nSPS) is 17.6. The molecule has 10 nitrogen and oxygen atoms in total. The van der Waals surface area contributed by atoms with Crippen LogP contribution in [0, 0.1) is 11.3 Å². The van der Waals surface area contributed by atoms with Crippen molar-refractivity contribution >= 4 is 34.4 Å². The zero-order valence-corrected chi connectivity index (χ0v) is 23.8. The summed E-state index contributed by atoms with van der Waals surface area (Å²) in [5, 5.41) is 17.3. The van der Waals surface area contributed by atoms with Gasteiger partial charge in [0, 0.05) is 28.1 Å². The van der Waals surface area contributed by atoms with Gasteiger partial charge >= 0.3 is 6.09 Å². The molecule has 2 heterocycles. The van der Waals surface area contributed by atoms with E-state index in [1.165, 1.54) is 16.2 Å². The van der Waals surface area contributed by atoms with Crippen LogP contribution in [-0.2, 0) is 20.9 Å². The molecule has 2 N–H and O–H groups in total. The van der Waals surface area contributed by atoms with Gasteiger partial charge < -0.3 is 20.1 Å². The first-order chi connectivity index (χ1) is 21.0. The number of benzene rings is 3. The summed E-state index contributed by atoms with van der Waals surface area (Å²) in [5.74, 6) is -0.577. The third-order valence-electron chi connectivity index (χ3n) is 7.11. The summed E-state index contributed by atoms with van der Waals surface area (Å²) in [6.45, 7) is -0.0529. The van der Waals surface area contributed by atoms with Crippen LogP contribution in [-0.4, -0.2) is 46.5 Å². The molecule has 1 aliphatic carbocycles. The van der Waals surface area contributed by atoms with Crippen LogP contribution in [0.25, 0.3) is 11.3 Å². The van der Waals surface area contributed by atoms with Crippen LogP contribution in [0.3, 0.4) is 0 Å².